The predicted octanol–water partition coefficient (Wildman–Crippen LogP) is 3.38. The highest BCUT2D eigenvalue weighted by molar-refractivity contribution is 9.10. The number of imidazole rings is 1. The minimum Gasteiger partial charge on any atom is -0.493 e. The molecule has 1 aliphatic heterocycles. The number of benzene rings is 1. The SMILES string of the molecule is Brc1cc2c(c(CNCc3cn4ccsc4n3)c1)OCC2. The van der Waals surface area contributed by atoms with Gasteiger partial charge in [0.25, 0.3) is 0 Å². The normalized spacial score (nSPS) is 13.6. The molecule has 4 nitrogen and oxygen atoms in total. The molecule has 2 aromatic heterocycles. The summed E-state index contributed by atoms with van der Waals surface area (Å²) in [4.78, 5) is 5.61. The van der Waals surface area contributed by atoms with Crippen LogP contribution < -0.4 is 10.1 Å². The fourth-order valence-electron chi connectivity index (χ4n) is 2.66. The van der Waals surface area contributed by atoms with Crippen LogP contribution >= 0.6 is 27.3 Å². The maximum absolute atomic E-state index is 5.74. The maximum Gasteiger partial charge on any atom is 0.193 e. The van der Waals surface area contributed by atoms with Crippen LogP contribution in [0, 0.1) is 0 Å². The quantitative estimate of drug-likeness (QED) is 0.771. The minimum absolute atomic E-state index is 0.760. The molecule has 0 radical (unpaired) electrons. The zero-order valence-corrected chi connectivity index (χ0v) is 13.7. The van der Waals surface area contributed by atoms with Crippen LogP contribution in [0.5, 0.6) is 5.75 Å². The molecule has 0 saturated carbocycles. The van der Waals surface area contributed by atoms with E-state index in [0.717, 1.165) is 47.0 Å². The first-order chi connectivity index (χ1) is 10.3. The van der Waals surface area contributed by atoms with Crippen molar-refractivity contribution in [3.8, 4) is 5.75 Å². The Bertz CT molecular complexity index is 767. The fourth-order valence-corrected chi connectivity index (χ4v) is 3.94. The molecule has 4 rings (SSSR count). The van der Waals surface area contributed by atoms with Crippen molar-refractivity contribution in [2.45, 2.75) is 19.5 Å². The van der Waals surface area contributed by atoms with Gasteiger partial charge in [0.2, 0.25) is 0 Å². The van der Waals surface area contributed by atoms with Gasteiger partial charge >= 0.3 is 0 Å². The van der Waals surface area contributed by atoms with Crippen molar-refractivity contribution in [3.05, 3.63) is 51.2 Å². The van der Waals surface area contributed by atoms with Crippen LogP contribution in [0.2, 0.25) is 0 Å². The number of nitrogens with zero attached hydrogens (tertiary/aromatic N) is 2. The van der Waals surface area contributed by atoms with E-state index in [2.05, 4.69) is 49.0 Å². The van der Waals surface area contributed by atoms with Crippen LogP contribution in [-0.2, 0) is 19.5 Å². The highest BCUT2D eigenvalue weighted by Gasteiger charge is 2.17. The molecule has 3 heterocycles. The van der Waals surface area contributed by atoms with Gasteiger partial charge in [-0.25, -0.2) is 4.98 Å². The van der Waals surface area contributed by atoms with E-state index in [-0.39, 0.29) is 0 Å². The number of hydrogen-bond donors (Lipinski definition) is 1. The van der Waals surface area contributed by atoms with E-state index in [4.69, 9.17) is 4.74 Å². The molecular formula is C15H14BrN3OS. The summed E-state index contributed by atoms with van der Waals surface area (Å²) in [6, 6.07) is 4.28. The van der Waals surface area contributed by atoms with Crippen LogP contribution in [0.25, 0.3) is 4.96 Å². The number of halogens is 1. The number of rotatable bonds is 4. The van der Waals surface area contributed by atoms with E-state index >= 15 is 0 Å². The summed E-state index contributed by atoms with van der Waals surface area (Å²) >= 11 is 5.23. The third-order valence-electron chi connectivity index (χ3n) is 3.59. The molecule has 1 aromatic carbocycles. The van der Waals surface area contributed by atoms with Crippen molar-refractivity contribution in [1.29, 1.82) is 0 Å². The van der Waals surface area contributed by atoms with Crippen molar-refractivity contribution in [2.75, 3.05) is 6.61 Å². The standard InChI is InChI=1S/C15H14BrN3OS/c16-12-5-10-1-3-20-14(10)11(6-12)7-17-8-13-9-19-2-4-21-15(19)18-13/h2,4-6,9,17H,1,3,7-8H2. The maximum atomic E-state index is 5.74. The Hall–Kier alpha value is -1.37. The molecule has 0 unspecified atom stereocenters. The lowest BCUT2D eigenvalue weighted by molar-refractivity contribution is 0.352. The Labute approximate surface area is 134 Å². The van der Waals surface area contributed by atoms with E-state index in [0.29, 0.717) is 0 Å². The van der Waals surface area contributed by atoms with Gasteiger partial charge in [0.15, 0.2) is 4.96 Å². The Kier molecular flexibility index (Phi) is 3.45. The van der Waals surface area contributed by atoms with Gasteiger partial charge in [0.1, 0.15) is 5.75 Å². The van der Waals surface area contributed by atoms with Gasteiger partial charge in [0.05, 0.1) is 12.3 Å². The van der Waals surface area contributed by atoms with Crippen LogP contribution in [0.3, 0.4) is 0 Å². The van der Waals surface area contributed by atoms with Crippen LogP contribution in [0.1, 0.15) is 16.8 Å². The number of hydrogen-bond acceptors (Lipinski definition) is 4. The van der Waals surface area contributed by atoms with Crippen molar-refractivity contribution in [2.24, 2.45) is 0 Å². The second kappa shape index (κ2) is 5.44. The smallest absolute Gasteiger partial charge is 0.193 e. The summed E-state index contributed by atoms with van der Waals surface area (Å²) in [6.07, 6.45) is 5.10. The van der Waals surface area contributed by atoms with E-state index in [1.807, 2.05) is 11.6 Å². The van der Waals surface area contributed by atoms with Crippen molar-refractivity contribution in [3.63, 3.8) is 0 Å². The van der Waals surface area contributed by atoms with Gasteiger partial charge in [0, 0.05) is 47.3 Å². The van der Waals surface area contributed by atoms with Gasteiger partial charge < -0.3 is 10.1 Å². The predicted molar refractivity (Wildman–Crippen MR) is 87.0 cm³/mol. The lowest BCUT2D eigenvalue weighted by Crippen LogP contribution is -2.13. The molecule has 0 aliphatic carbocycles. The molecule has 0 amide bonds. The number of ether oxygens (including phenoxy) is 1. The molecular weight excluding hydrogens is 350 g/mol. The number of aromatic nitrogens is 2. The van der Waals surface area contributed by atoms with E-state index in [9.17, 15) is 0 Å². The Balaban J connectivity index is 1.46. The molecule has 0 saturated heterocycles. The first-order valence-corrected chi connectivity index (χ1v) is 8.53. The number of fused-ring (bicyclic) bond motifs is 2. The van der Waals surface area contributed by atoms with Crippen molar-refractivity contribution in [1.82, 2.24) is 14.7 Å². The lowest BCUT2D eigenvalue weighted by Gasteiger charge is -2.09. The molecule has 1 N–H and O–H groups in total. The summed E-state index contributed by atoms with van der Waals surface area (Å²) < 4.78 is 8.92. The first kappa shape index (κ1) is 13.3. The second-order valence-electron chi connectivity index (χ2n) is 5.08. The molecule has 0 fully saturated rings. The molecule has 6 heteroatoms. The van der Waals surface area contributed by atoms with Crippen LogP contribution in [0.4, 0.5) is 0 Å². The molecule has 0 bridgehead atoms. The molecule has 108 valence electrons. The summed E-state index contributed by atoms with van der Waals surface area (Å²) in [5, 5.41) is 5.50. The molecule has 21 heavy (non-hydrogen) atoms. The first-order valence-electron chi connectivity index (χ1n) is 6.85. The summed E-state index contributed by atoms with van der Waals surface area (Å²) in [5.41, 5.74) is 3.57. The van der Waals surface area contributed by atoms with Gasteiger partial charge in [-0.15, -0.1) is 11.3 Å². The van der Waals surface area contributed by atoms with Gasteiger partial charge in [-0.3, -0.25) is 4.40 Å². The Morgan fingerprint density at radius 1 is 1.38 bits per heavy atom. The van der Waals surface area contributed by atoms with Gasteiger partial charge in [-0.2, -0.15) is 0 Å². The third kappa shape index (κ3) is 2.59. The topological polar surface area (TPSA) is 38.6 Å². The van der Waals surface area contributed by atoms with E-state index in [1.54, 1.807) is 11.3 Å². The highest BCUT2D eigenvalue weighted by Crippen LogP contribution is 2.32. The number of thiazole rings is 1. The highest BCUT2D eigenvalue weighted by atomic mass is 79.9. The summed E-state index contributed by atoms with van der Waals surface area (Å²) in [6.45, 7) is 2.33. The van der Waals surface area contributed by atoms with E-state index in [1.165, 1.54) is 11.1 Å². The van der Waals surface area contributed by atoms with Crippen LogP contribution in [-0.4, -0.2) is 16.0 Å². The third-order valence-corrected chi connectivity index (χ3v) is 4.82. The van der Waals surface area contributed by atoms with Gasteiger partial charge in [-0.05, 0) is 17.7 Å². The molecule has 0 atom stereocenters. The number of nitrogens with one attached hydrogen (secondary N) is 1. The monoisotopic (exact) mass is 363 g/mol. The zero-order chi connectivity index (χ0) is 14.2. The van der Waals surface area contributed by atoms with Gasteiger partial charge in [-0.1, -0.05) is 15.9 Å². The fraction of sp³-hybridized carbons (Fsp3) is 0.267. The summed E-state index contributed by atoms with van der Waals surface area (Å²) in [5.74, 6) is 1.05. The molecule has 1 aliphatic rings. The largest absolute Gasteiger partial charge is 0.493 e. The molecule has 0 spiro atoms. The van der Waals surface area contributed by atoms with Crippen LogP contribution in [0.15, 0.2) is 34.4 Å². The Morgan fingerprint density at radius 3 is 3.24 bits per heavy atom. The zero-order valence-electron chi connectivity index (χ0n) is 11.3. The average Bonchev–Trinajstić information content (AvgIpc) is 3.12. The minimum atomic E-state index is 0.760. The van der Waals surface area contributed by atoms with Crippen molar-refractivity contribution >= 4 is 32.2 Å². The average molecular weight is 364 g/mol. The second-order valence-corrected chi connectivity index (χ2v) is 6.87. The van der Waals surface area contributed by atoms with Crippen molar-refractivity contribution < 1.29 is 4.74 Å². The Morgan fingerprint density at radius 2 is 2.33 bits per heavy atom. The van der Waals surface area contributed by atoms with E-state index < -0.39 is 0 Å². The summed E-state index contributed by atoms with van der Waals surface area (Å²) in [7, 11) is 0. The lowest BCUT2D eigenvalue weighted by atomic mass is 10.1. The molecule has 3 aromatic rings.